The lowest BCUT2D eigenvalue weighted by molar-refractivity contribution is -0.123. The molecule has 18 heavy (non-hydrogen) atoms. The summed E-state index contributed by atoms with van der Waals surface area (Å²) in [6.07, 6.45) is 0. The molecule has 0 fully saturated rings. The minimum atomic E-state index is -0.649. The van der Waals surface area contributed by atoms with E-state index < -0.39 is 11.7 Å². The summed E-state index contributed by atoms with van der Waals surface area (Å²) in [5.74, 6) is -1.45. The average molecular weight is 247 g/mol. The van der Waals surface area contributed by atoms with Crippen LogP contribution in [-0.4, -0.2) is 37.7 Å². The lowest BCUT2D eigenvalue weighted by Gasteiger charge is -2.17. The van der Waals surface area contributed by atoms with Crippen LogP contribution in [-0.2, 0) is 14.3 Å². The Morgan fingerprint density at radius 1 is 1.33 bits per heavy atom. The van der Waals surface area contributed by atoms with Gasteiger partial charge in [0.15, 0.2) is 5.78 Å². The second-order valence-electron chi connectivity index (χ2n) is 4.16. The van der Waals surface area contributed by atoms with Gasteiger partial charge in [0.1, 0.15) is 6.61 Å². The van der Waals surface area contributed by atoms with Gasteiger partial charge in [-0.05, 0) is 18.6 Å². The number of rotatable bonds is 4. The predicted octanol–water partition coefficient (Wildman–Crippen LogP) is 0.740. The summed E-state index contributed by atoms with van der Waals surface area (Å²) in [7, 11) is 1.41. The maximum Gasteiger partial charge on any atom is 0.299 e. The van der Waals surface area contributed by atoms with E-state index in [4.69, 9.17) is 4.74 Å². The molecule has 0 bridgehead atoms. The number of ketones is 2. The monoisotopic (exact) mass is 247 g/mol. The summed E-state index contributed by atoms with van der Waals surface area (Å²) in [5.41, 5.74) is 1.71. The van der Waals surface area contributed by atoms with Crippen molar-refractivity contribution >= 4 is 23.2 Å². The van der Waals surface area contributed by atoms with Crippen LogP contribution in [0.4, 0.5) is 5.69 Å². The zero-order valence-electron chi connectivity index (χ0n) is 10.2. The fraction of sp³-hybridized carbons (Fsp3) is 0.308. The summed E-state index contributed by atoms with van der Waals surface area (Å²) in [5, 5.41) is 0. The molecule has 0 saturated carbocycles. The highest BCUT2D eigenvalue weighted by atomic mass is 16.5. The van der Waals surface area contributed by atoms with E-state index in [0.29, 0.717) is 11.3 Å². The first-order valence-corrected chi connectivity index (χ1v) is 5.52. The first kappa shape index (κ1) is 12.4. The van der Waals surface area contributed by atoms with Crippen molar-refractivity contribution in [1.82, 2.24) is 0 Å². The molecule has 2 rings (SSSR count). The molecule has 1 aromatic carbocycles. The Morgan fingerprint density at radius 2 is 2.06 bits per heavy atom. The van der Waals surface area contributed by atoms with Crippen molar-refractivity contribution in [3.63, 3.8) is 0 Å². The van der Waals surface area contributed by atoms with E-state index in [1.807, 2.05) is 0 Å². The molecule has 1 aliphatic heterocycles. The summed E-state index contributed by atoms with van der Waals surface area (Å²) in [6.45, 7) is 1.61. The molecule has 5 heteroatoms. The van der Waals surface area contributed by atoms with E-state index in [9.17, 15) is 14.4 Å². The molecular formula is C13H13NO4. The van der Waals surface area contributed by atoms with Crippen LogP contribution >= 0.6 is 0 Å². The third-order valence-corrected chi connectivity index (χ3v) is 2.83. The van der Waals surface area contributed by atoms with Gasteiger partial charge in [-0.1, -0.05) is 12.1 Å². The Labute approximate surface area is 104 Å². The standard InChI is InChI=1S/C13H13NO4/c1-8-4-3-5-10-11(8)14(13(17)12(10)16)6-9(15)7-18-2/h3-5H,6-7H2,1-2H3. The summed E-state index contributed by atoms with van der Waals surface area (Å²) < 4.78 is 4.72. The van der Waals surface area contributed by atoms with Crippen molar-refractivity contribution in [3.8, 4) is 0 Å². The van der Waals surface area contributed by atoms with Crippen LogP contribution < -0.4 is 4.90 Å². The zero-order valence-corrected chi connectivity index (χ0v) is 10.2. The van der Waals surface area contributed by atoms with Gasteiger partial charge in [0.25, 0.3) is 11.7 Å². The summed E-state index contributed by atoms with van der Waals surface area (Å²) in [4.78, 5) is 36.4. The van der Waals surface area contributed by atoms with Gasteiger partial charge in [-0.3, -0.25) is 19.3 Å². The number of fused-ring (bicyclic) bond motifs is 1. The van der Waals surface area contributed by atoms with Crippen LogP contribution in [0.2, 0.25) is 0 Å². The van der Waals surface area contributed by atoms with Crippen LogP contribution in [0.1, 0.15) is 15.9 Å². The van der Waals surface area contributed by atoms with Gasteiger partial charge in [-0.2, -0.15) is 0 Å². The molecule has 1 aromatic rings. The minimum Gasteiger partial charge on any atom is -0.377 e. The average Bonchev–Trinajstić information content (AvgIpc) is 2.56. The van der Waals surface area contributed by atoms with E-state index in [0.717, 1.165) is 5.56 Å². The van der Waals surface area contributed by atoms with E-state index >= 15 is 0 Å². The number of carbonyl (C=O) groups is 3. The van der Waals surface area contributed by atoms with E-state index in [1.54, 1.807) is 25.1 Å². The molecule has 5 nitrogen and oxygen atoms in total. The Bertz CT molecular complexity index is 536. The molecule has 1 amide bonds. The molecule has 0 N–H and O–H groups in total. The number of Topliss-reactive ketones (excluding diaryl/α,β-unsaturated/α-hetero) is 2. The quantitative estimate of drug-likeness (QED) is 0.736. The number of hydrogen-bond acceptors (Lipinski definition) is 4. The van der Waals surface area contributed by atoms with Gasteiger partial charge in [0, 0.05) is 7.11 Å². The maximum absolute atomic E-state index is 11.8. The van der Waals surface area contributed by atoms with Crippen molar-refractivity contribution in [2.24, 2.45) is 0 Å². The number of methoxy groups -OCH3 is 1. The molecule has 0 radical (unpaired) electrons. The zero-order chi connectivity index (χ0) is 13.3. The van der Waals surface area contributed by atoms with Gasteiger partial charge in [-0.25, -0.2) is 0 Å². The fourth-order valence-electron chi connectivity index (χ4n) is 2.07. The van der Waals surface area contributed by atoms with Crippen LogP contribution in [0.3, 0.4) is 0 Å². The number of nitrogens with zero attached hydrogens (tertiary/aromatic N) is 1. The topological polar surface area (TPSA) is 63.7 Å². The fourth-order valence-corrected chi connectivity index (χ4v) is 2.07. The largest absolute Gasteiger partial charge is 0.377 e. The van der Waals surface area contributed by atoms with Crippen molar-refractivity contribution in [1.29, 1.82) is 0 Å². The number of hydrogen-bond donors (Lipinski definition) is 0. The van der Waals surface area contributed by atoms with Crippen LogP contribution in [0.15, 0.2) is 18.2 Å². The molecule has 0 aliphatic carbocycles. The molecule has 1 aliphatic rings. The van der Waals surface area contributed by atoms with Crippen molar-refractivity contribution < 1.29 is 19.1 Å². The van der Waals surface area contributed by atoms with Crippen LogP contribution in [0.5, 0.6) is 0 Å². The molecule has 0 unspecified atom stereocenters. The number of aryl methyl sites for hydroxylation is 1. The molecular weight excluding hydrogens is 234 g/mol. The van der Waals surface area contributed by atoms with Crippen molar-refractivity contribution in [2.75, 3.05) is 25.2 Å². The van der Waals surface area contributed by atoms with Gasteiger partial charge in [0.05, 0.1) is 17.8 Å². The number of para-hydroxylation sites is 1. The van der Waals surface area contributed by atoms with Gasteiger partial charge >= 0.3 is 0 Å². The van der Waals surface area contributed by atoms with Crippen molar-refractivity contribution in [3.05, 3.63) is 29.3 Å². The highest BCUT2D eigenvalue weighted by Gasteiger charge is 2.37. The smallest absolute Gasteiger partial charge is 0.299 e. The lowest BCUT2D eigenvalue weighted by atomic mass is 10.1. The SMILES string of the molecule is COCC(=O)CN1C(=O)C(=O)c2cccc(C)c21. The number of amides is 1. The molecule has 0 atom stereocenters. The van der Waals surface area contributed by atoms with E-state index in [2.05, 4.69) is 0 Å². The first-order valence-electron chi connectivity index (χ1n) is 5.52. The van der Waals surface area contributed by atoms with Crippen LogP contribution in [0.25, 0.3) is 0 Å². The second-order valence-corrected chi connectivity index (χ2v) is 4.16. The lowest BCUT2D eigenvalue weighted by Crippen LogP contribution is -2.36. The highest BCUT2D eigenvalue weighted by Crippen LogP contribution is 2.31. The Balaban J connectivity index is 2.36. The second kappa shape index (κ2) is 4.70. The number of anilines is 1. The first-order chi connectivity index (χ1) is 8.56. The molecule has 0 spiro atoms. The van der Waals surface area contributed by atoms with E-state index in [-0.39, 0.29) is 18.9 Å². The Morgan fingerprint density at radius 3 is 2.72 bits per heavy atom. The normalized spacial score (nSPS) is 14.0. The van der Waals surface area contributed by atoms with Gasteiger partial charge < -0.3 is 4.74 Å². The minimum absolute atomic E-state index is 0.0703. The summed E-state index contributed by atoms with van der Waals surface area (Å²) in [6, 6.07) is 5.13. The number of carbonyl (C=O) groups excluding carboxylic acids is 3. The van der Waals surface area contributed by atoms with Crippen LogP contribution in [0, 0.1) is 6.92 Å². The van der Waals surface area contributed by atoms with Gasteiger partial charge in [0.2, 0.25) is 0 Å². The van der Waals surface area contributed by atoms with E-state index in [1.165, 1.54) is 12.0 Å². The highest BCUT2D eigenvalue weighted by molar-refractivity contribution is 6.52. The van der Waals surface area contributed by atoms with Gasteiger partial charge in [-0.15, -0.1) is 0 Å². The number of ether oxygens (including phenoxy) is 1. The Hall–Kier alpha value is -2.01. The molecule has 0 saturated heterocycles. The third kappa shape index (κ3) is 1.93. The molecule has 94 valence electrons. The molecule has 1 heterocycles. The maximum atomic E-state index is 11.8. The summed E-state index contributed by atoms with van der Waals surface area (Å²) >= 11 is 0. The molecule has 0 aromatic heterocycles. The van der Waals surface area contributed by atoms with Crippen molar-refractivity contribution in [2.45, 2.75) is 6.92 Å². The third-order valence-electron chi connectivity index (χ3n) is 2.83. The Kier molecular flexibility index (Phi) is 3.25. The number of benzene rings is 1. The predicted molar refractivity (Wildman–Crippen MR) is 64.7 cm³/mol.